The molecule has 0 saturated heterocycles. The van der Waals surface area contributed by atoms with Crippen LogP contribution in [-0.4, -0.2) is 28.3 Å². The predicted molar refractivity (Wildman–Crippen MR) is 77.4 cm³/mol. The summed E-state index contributed by atoms with van der Waals surface area (Å²) in [6, 6.07) is 8.27. The number of benzene rings is 1. The maximum atomic E-state index is 10.9. The van der Waals surface area contributed by atoms with Crippen LogP contribution in [0.5, 0.6) is 0 Å². The van der Waals surface area contributed by atoms with Crippen molar-refractivity contribution in [1.82, 2.24) is 5.32 Å². The average molecular weight is 277 g/mol. The normalized spacial score (nSPS) is 26.4. The monoisotopic (exact) mass is 277 g/mol. The molecule has 110 valence electrons. The molecule has 2 rings (SSSR count). The molecule has 1 aromatic carbocycles. The van der Waals surface area contributed by atoms with E-state index in [2.05, 4.69) is 30.4 Å². The van der Waals surface area contributed by atoms with E-state index in [9.17, 15) is 9.90 Å². The van der Waals surface area contributed by atoms with E-state index in [4.69, 9.17) is 5.11 Å². The zero-order valence-corrected chi connectivity index (χ0v) is 11.9. The minimum Gasteiger partial charge on any atom is -0.481 e. The molecule has 1 saturated carbocycles. The third-order valence-electron chi connectivity index (χ3n) is 4.13. The van der Waals surface area contributed by atoms with Crippen LogP contribution in [0.1, 0.15) is 36.8 Å². The molecule has 0 aliphatic heterocycles. The lowest BCUT2D eigenvalue weighted by atomic mass is 9.79. The van der Waals surface area contributed by atoms with Gasteiger partial charge in [-0.25, -0.2) is 0 Å². The number of aliphatic hydroxyl groups is 1. The van der Waals surface area contributed by atoms with Crippen LogP contribution in [0.3, 0.4) is 0 Å². The molecule has 1 aromatic rings. The van der Waals surface area contributed by atoms with E-state index in [0.717, 1.165) is 6.54 Å². The number of rotatable bonds is 5. The fourth-order valence-electron chi connectivity index (χ4n) is 2.84. The molecular weight excluding hydrogens is 254 g/mol. The minimum absolute atomic E-state index is 0.285. The number of nitrogens with one attached hydrogen (secondary N) is 1. The van der Waals surface area contributed by atoms with Gasteiger partial charge in [0.25, 0.3) is 0 Å². The molecule has 0 amide bonds. The topological polar surface area (TPSA) is 69.6 Å². The molecule has 0 bridgehead atoms. The molecule has 1 fully saturated rings. The first-order valence-electron chi connectivity index (χ1n) is 7.20. The maximum absolute atomic E-state index is 10.9. The number of carboxylic acid groups (broad SMARTS) is 1. The number of carboxylic acids is 1. The highest BCUT2D eigenvalue weighted by Gasteiger charge is 2.35. The summed E-state index contributed by atoms with van der Waals surface area (Å²) in [6.45, 7) is 3.31. The first-order valence-corrected chi connectivity index (χ1v) is 7.20. The van der Waals surface area contributed by atoms with Gasteiger partial charge in [-0.15, -0.1) is 0 Å². The van der Waals surface area contributed by atoms with Gasteiger partial charge in [0.2, 0.25) is 0 Å². The van der Waals surface area contributed by atoms with Crippen molar-refractivity contribution >= 4 is 5.97 Å². The van der Waals surface area contributed by atoms with Crippen molar-refractivity contribution in [3.05, 3.63) is 35.4 Å². The highest BCUT2D eigenvalue weighted by Crippen LogP contribution is 2.31. The highest BCUT2D eigenvalue weighted by molar-refractivity contribution is 5.70. The second kappa shape index (κ2) is 6.37. The molecule has 0 spiro atoms. The second-order valence-corrected chi connectivity index (χ2v) is 5.93. The van der Waals surface area contributed by atoms with E-state index in [0.29, 0.717) is 32.2 Å². The molecule has 20 heavy (non-hydrogen) atoms. The van der Waals surface area contributed by atoms with Gasteiger partial charge in [0.15, 0.2) is 0 Å². The SMILES string of the molecule is Cc1cccc(CNCC2(O)CCC(C(=O)O)CC2)c1. The molecule has 4 heteroatoms. The van der Waals surface area contributed by atoms with Crippen molar-refractivity contribution in [1.29, 1.82) is 0 Å². The fourth-order valence-corrected chi connectivity index (χ4v) is 2.84. The molecule has 0 aromatic heterocycles. The number of hydrogen-bond acceptors (Lipinski definition) is 3. The lowest BCUT2D eigenvalue weighted by molar-refractivity contribution is -0.144. The van der Waals surface area contributed by atoms with Crippen LogP contribution in [0, 0.1) is 12.8 Å². The standard InChI is InChI=1S/C16H23NO3/c1-12-3-2-4-13(9-12)10-17-11-16(20)7-5-14(6-8-16)15(18)19/h2-4,9,14,17,20H,5-8,10-11H2,1H3,(H,18,19). The highest BCUT2D eigenvalue weighted by atomic mass is 16.4. The Hall–Kier alpha value is -1.39. The molecule has 1 aliphatic rings. The Kier molecular flexibility index (Phi) is 4.78. The summed E-state index contributed by atoms with van der Waals surface area (Å²) in [5, 5.41) is 22.7. The van der Waals surface area contributed by atoms with Gasteiger partial charge in [-0.2, -0.15) is 0 Å². The molecule has 0 atom stereocenters. The van der Waals surface area contributed by atoms with Crippen molar-refractivity contribution in [2.75, 3.05) is 6.54 Å². The first-order chi connectivity index (χ1) is 9.48. The second-order valence-electron chi connectivity index (χ2n) is 5.93. The van der Waals surface area contributed by atoms with Gasteiger partial charge in [-0.3, -0.25) is 4.79 Å². The molecule has 4 nitrogen and oxygen atoms in total. The van der Waals surface area contributed by atoms with Crippen LogP contribution in [0.15, 0.2) is 24.3 Å². The van der Waals surface area contributed by atoms with Crippen molar-refractivity contribution in [2.24, 2.45) is 5.92 Å². The lowest BCUT2D eigenvalue weighted by Crippen LogP contribution is -2.44. The summed E-state index contributed by atoms with van der Waals surface area (Å²) in [7, 11) is 0. The zero-order valence-electron chi connectivity index (χ0n) is 11.9. The van der Waals surface area contributed by atoms with Gasteiger partial charge in [0.05, 0.1) is 11.5 Å². The van der Waals surface area contributed by atoms with E-state index >= 15 is 0 Å². The average Bonchev–Trinajstić information content (AvgIpc) is 2.39. The molecule has 0 unspecified atom stereocenters. The summed E-state index contributed by atoms with van der Waals surface area (Å²) in [4.78, 5) is 10.9. The predicted octanol–water partition coefficient (Wildman–Crippen LogP) is 2.09. The summed E-state index contributed by atoms with van der Waals surface area (Å²) >= 11 is 0. The molecular formula is C16H23NO3. The van der Waals surface area contributed by atoms with Crippen molar-refractivity contribution in [2.45, 2.75) is 44.8 Å². The number of aliphatic carboxylic acids is 1. The Morgan fingerprint density at radius 3 is 2.70 bits per heavy atom. The molecule has 0 radical (unpaired) electrons. The molecule has 3 N–H and O–H groups in total. The third-order valence-corrected chi connectivity index (χ3v) is 4.13. The van der Waals surface area contributed by atoms with Gasteiger partial charge in [0.1, 0.15) is 0 Å². The Morgan fingerprint density at radius 2 is 2.10 bits per heavy atom. The van der Waals surface area contributed by atoms with E-state index < -0.39 is 11.6 Å². The molecule has 1 aliphatic carbocycles. The van der Waals surface area contributed by atoms with E-state index in [1.165, 1.54) is 11.1 Å². The van der Waals surface area contributed by atoms with Crippen molar-refractivity contribution < 1.29 is 15.0 Å². The van der Waals surface area contributed by atoms with Crippen molar-refractivity contribution in [3.8, 4) is 0 Å². The van der Waals surface area contributed by atoms with Crippen molar-refractivity contribution in [3.63, 3.8) is 0 Å². The summed E-state index contributed by atoms with van der Waals surface area (Å²) in [5.74, 6) is -1.02. The largest absolute Gasteiger partial charge is 0.481 e. The van der Waals surface area contributed by atoms with E-state index in [-0.39, 0.29) is 5.92 Å². The van der Waals surface area contributed by atoms with Crippen LogP contribution < -0.4 is 5.32 Å². The number of aryl methyl sites for hydroxylation is 1. The quantitative estimate of drug-likeness (QED) is 0.771. The van der Waals surface area contributed by atoms with E-state index in [1.807, 2.05) is 6.07 Å². The fraction of sp³-hybridized carbons (Fsp3) is 0.562. The van der Waals surface area contributed by atoms with Crippen LogP contribution in [0.25, 0.3) is 0 Å². The van der Waals surface area contributed by atoms with Gasteiger partial charge in [0, 0.05) is 13.1 Å². The van der Waals surface area contributed by atoms with Crippen LogP contribution in [0.2, 0.25) is 0 Å². The van der Waals surface area contributed by atoms with Crippen LogP contribution >= 0.6 is 0 Å². The summed E-state index contributed by atoms with van der Waals surface area (Å²) < 4.78 is 0. The smallest absolute Gasteiger partial charge is 0.306 e. The van der Waals surface area contributed by atoms with Crippen LogP contribution in [0.4, 0.5) is 0 Å². The Bertz CT molecular complexity index is 465. The lowest BCUT2D eigenvalue weighted by Gasteiger charge is -2.34. The Balaban J connectivity index is 1.78. The first kappa shape index (κ1) is 15.0. The number of carbonyl (C=O) groups is 1. The van der Waals surface area contributed by atoms with Gasteiger partial charge < -0.3 is 15.5 Å². The van der Waals surface area contributed by atoms with Crippen LogP contribution in [-0.2, 0) is 11.3 Å². The summed E-state index contributed by atoms with van der Waals surface area (Å²) in [5.41, 5.74) is 1.67. The maximum Gasteiger partial charge on any atom is 0.306 e. The Labute approximate surface area is 119 Å². The van der Waals surface area contributed by atoms with Gasteiger partial charge >= 0.3 is 5.97 Å². The van der Waals surface area contributed by atoms with Gasteiger partial charge in [-0.05, 0) is 38.2 Å². The minimum atomic E-state index is -0.754. The molecule has 0 heterocycles. The zero-order chi connectivity index (χ0) is 14.6. The number of hydrogen-bond donors (Lipinski definition) is 3. The third kappa shape index (κ3) is 4.05. The summed E-state index contributed by atoms with van der Waals surface area (Å²) in [6.07, 6.45) is 2.26. The Morgan fingerprint density at radius 1 is 1.40 bits per heavy atom. The van der Waals surface area contributed by atoms with Gasteiger partial charge in [-0.1, -0.05) is 29.8 Å². The van der Waals surface area contributed by atoms with E-state index in [1.54, 1.807) is 0 Å².